The van der Waals surface area contributed by atoms with Crippen molar-refractivity contribution in [3.63, 3.8) is 0 Å². The van der Waals surface area contributed by atoms with Crippen LogP contribution in [0.2, 0.25) is 0 Å². The molecule has 6 heteroatoms. The molecule has 0 saturated carbocycles. The molecule has 2 aliphatic rings. The van der Waals surface area contributed by atoms with E-state index in [4.69, 9.17) is 0 Å². The van der Waals surface area contributed by atoms with Crippen LogP contribution in [-0.2, 0) is 11.2 Å². The van der Waals surface area contributed by atoms with Gasteiger partial charge in [-0.1, -0.05) is 13.8 Å². The minimum absolute atomic E-state index is 0.0862. The maximum atomic E-state index is 12.8. The molecular weight excluding hydrogens is 334 g/mol. The molecule has 2 fully saturated rings. The van der Waals surface area contributed by atoms with Gasteiger partial charge in [0.2, 0.25) is 5.91 Å². The van der Waals surface area contributed by atoms with Crippen LogP contribution in [0.1, 0.15) is 59.9 Å². The van der Waals surface area contributed by atoms with E-state index in [1.165, 1.54) is 17.8 Å². The molecule has 5 nitrogen and oxygen atoms in total. The molecule has 138 valence electrons. The van der Waals surface area contributed by atoms with Gasteiger partial charge in [-0.05, 0) is 44.9 Å². The zero-order chi connectivity index (χ0) is 18.0. The minimum atomic E-state index is 0.0862. The number of rotatable bonds is 3. The van der Waals surface area contributed by atoms with Crippen LogP contribution in [0, 0.1) is 18.8 Å². The number of carbonyl (C=O) groups is 2. The fourth-order valence-corrected chi connectivity index (χ4v) is 4.90. The molecule has 0 aromatic carbocycles. The van der Waals surface area contributed by atoms with Crippen LogP contribution in [0.15, 0.2) is 0 Å². The van der Waals surface area contributed by atoms with Gasteiger partial charge in [-0.3, -0.25) is 9.59 Å². The zero-order valence-electron chi connectivity index (χ0n) is 15.6. The van der Waals surface area contributed by atoms with Crippen molar-refractivity contribution in [2.75, 3.05) is 26.2 Å². The van der Waals surface area contributed by atoms with Gasteiger partial charge in [0, 0.05) is 32.1 Å². The zero-order valence-corrected chi connectivity index (χ0v) is 16.4. The molecule has 0 N–H and O–H groups in total. The van der Waals surface area contributed by atoms with Crippen LogP contribution >= 0.6 is 11.3 Å². The first-order chi connectivity index (χ1) is 12.0. The SMILES string of the molecule is CCc1nc(C)c(C(=O)N2CCC(C(=O)N3CCCC(C)C3)CC2)s1. The number of hydrogen-bond donors (Lipinski definition) is 0. The number of thiazole rings is 1. The third-order valence-electron chi connectivity index (χ3n) is 5.44. The predicted molar refractivity (Wildman–Crippen MR) is 99.8 cm³/mol. The minimum Gasteiger partial charge on any atom is -0.342 e. The highest BCUT2D eigenvalue weighted by Gasteiger charge is 2.32. The summed E-state index contributed by atoms with van der Waals surface area (Å²) < 4.78 is 0. The highest BCUT2D eigenvalue weighted by molar-refractivity contribution is 7.13. The van der Waals surface area contributed by atoms with E-state index in [0.717, 1.165) is 54.4 Å². The molecule has 0 radical (unpaired) electrons. The fourth-order valence-electron chi connectivity index (χ4n) is 3.92. The molecular formula is C19H29N3O2S. The summed E-state index contributed by atoms with van der Waals surface area (Å²) in [6.07, 6.45) is 4.78. The van der Waals surface area contributed by atoms with Crippen molar-refractivity contribution in [3.05, 3.63) is 15.6 Å². The first-order valence-electron chi connectivity index (χ1n) is 9.54. The quantitative estimate of drug-likeness (QED) is 0.829. The smallest absolute Gasteiger partial charge is 0.265 e. The summed E-state index contributed by atoms with van der Waals surface area (Å²) in [7, 11) is 0. The van der Waals surface area contributed by atoms with Crippen molar-refractivity contribution in [2.24, 2.45) is 11.8 Å². The molecule has 2 amide bonds. The molecule has 1 unspecified atom stereocenters. The number of amides is 2. The molecule has 3 rings (SSSR count). The number of piperidine rings is 2. The van der Waals surface area contributed by atoms with Crippen LogP contribution in [0.5, 0.6) is 0 Å². The van der Waals surface area contributed by atoms with Gasteiger partial charge in [0.25, 0.3) is 5.91 Å². The second-order valence-electron chi connectivity index (χ2n) is 7.47. The molecule has 1 atom stereocenters. The van der Waals surface area contributed by atoms with Crippen LogP contribution in [-0.4, -0.2) is 52.8 Å². The number of aryl methyl sites for hydroxylation is 2. The lowest BCUT2D eigenvalue weighted by atomic mass is 9.92. The average molecular weight is 364 g/mol. The molecule has 1 aromatic heterocycles. The Morgan fingerprint density at radius 1 is 1.16 bits per heavy atom. The second-order valence-corrected chi connectivity index (χ2v) is 8.56. The summed E-state index contributed by atoms with van der Waals surface area (Å²) in [6.45, 7) is 9.36. The highest BCUT2D eigenvalue weighted by atomic mass is 32.1. The Bertz CT molecular complexity index is 635. The third kappa shape index (κ3) is 4.05. The van der Waals surface area contributed by atoms with E-state index in [1.54, 1.807) is 0 Å². The summed E-state index contributed by atoms with van der Waals surface area (Å²) in [5, 5.41) is 1.02. The number of hydrogen-bond acceptors (Lipinski definition) is 4. The van der Waals surface area contributed by atoms with Crippen molar-refractivity contribution >= 4 is 23.2 Å². The van der Waals surface area contributed by atoms with E-state index in [1.807, 2.05) is 11.8 Å². The van der Waals surface area contributed by atoms with E-state index in [2.05, 4.69) is 23.7 Å². The van der Waals surface area contributed by atoms with Gasteiger partial charge in [0.15, 0.2) is 0 Å². The Labute approximate surface area is 154 Å². The van der Waals surface area contributed by atoms with E-state index in [0.29, 0.717) is 24.9 Å². The molecule has 0 spiro atoms. The van der Waals surface area contributed by atoms with E-state index >= 15 is 0 Å². The summed E-state index contributed by atoms with van der Waals surface area (Å²) in [4.78, 5) is 34.7. The van der Waals surface area contributed by atoms with Crippen molar-refractivity contribution in [1.29, 1.82) is 0 Å². The van der Waals surface area contributed by atoms with Crippen LogP contribution in [0.3, 0.4) is 0 Å². The van der Waals surface area contributed by atoms with Gasteiger partial charge in [-0.2, -0.15) is 0 Å². The first kappa shape index (κ1) is 18.4. The number of nitrogens with zero attached hydrogens (tertiary/aromatic N) is 3. The Hall–Kier alpha value is -1.43. The maximum absolute atomic E-state index is 12.8. The van der Waals surface area contributed by atoms with Gasteiger partial charge in [-0.25, -0.2) is 4.98 Å². The van der Waals surface area contributed by atoms with Gasteiger partial charge < -0.3 is 9.80 Å². The molecule has 3 heterocycles. The molecule has 0 aliphatic carbocycles. The summed E-state index contributed by atoms with van der Waals surface area (Å²) in [6, 6.07) is 0. The fraction of sp³-hybridized carbons (Fsp3) is 0.737. The standard InChI is InChI=1S/C19H29N3O2S/c1-4-16-20-14(3)17(25-16)19(24)21-10-7-15(8-11-21)18(23)22-9-5-6-13(2)12-22/h13,15H,4-12H2,1-3H3. The number of carbonyl (C=O) groups excluding carboxylic acids is 2. The van der Waals surface area contributed by atoms with Crippen molar-refractivity contribution in [1.82, 2.24) is 14.8 Å². The van der Waals surface area contributed by atoms with Crippen molar-refractivity contribution < 1.29 is 9.59 Å². The number of aromatic nitrogens is 1. The molecule has 25 heavy (non-hydrogen) atoms. The van der Waals surface area contributed by atoms with Crippen molar-refractivity contribution in [2.45, 2.75) is 52.9 Å². The van der Waals surface area contributed by atoms with E-state index < -0.39 is 0 Å². The van der Waals surface area contributed by atoms with Crippen molar-refractivity contribution in [3.8, 4) is 0 Å². The summed E-state index contributed by atoms with van der Waals surface area (Å²) in [5.41, 5.74) is 0.840. The molecule has 2 aliphatic heterocycles. The average Bonchev–Trinajstić information content (AvgIpc) is 3.01. The maximum Gasteiger partial charge on any atom is 0.265 e. The van der Waals surface area contributed by atoms with Crippen LogP contribution < -0.4 is 0 Å². The predicted octanol–water partition coefficient (Wildman–Crippen LogP) is 3.12. The largest absolute Gasteiger partial charge is 0.342 e. The van der Waals surface area contributed by atoms with E-state index in [-0.39, 0.29) is 11.8 Å². The summed E-state index contributed by atoms with van der Waals surface area (Å²) in [5.74, 6) is 1.10. The Morgan fingerprint density at radius 2 is 1.88 bits per heavy atom. The Balaban J connectivity index is 1.57. The van der Waals surface area contributed by atoms with Crippen LogP contribution in [0.25, 0.3) is 0 Å². The summed E-state index contributed by atoms with van der Waals surface area (Å²) >= 11 is 1.51. The lowest BCUT2D eigenvalue weighted by molar-refractivity contribution is -0.138. The molecule has 1 aromatic rings. The highest BCUT2D eigenvalue weighted by Crippen LogP contribution is 2.26. The van der Waals surface area contributed by atoms with Gasteiger partial charge >= 0.3 is 0 Å². The molecule has 2 saturated heterocycles. The van der Waals surface area contributed by atoms with E-state index in [9.17, 15) is 9.59 Å². The lowest BCUT2D eigenvalue weighted by Gasteiger charge is -2.37. The molecule has 0 bridgehead atoms. The third-order valence-corrected chi connectivity index (χ3v) is 6.73. The lowest BCUT2D eigenvalue weighted by Crippen LogP contribution is -2.46. The topological polar surface area (TPSA) is 53.5 Å². The first-order valence-corrected chi connectivity index (χ1v) is 10.4. The van der Waals surface area contributed by atoms with Crippen LogP contribution in [0.4, 0.5) is 0 Å². The number of likely N-dealkylation sites (tertiary alicyclic amines) is 2. The van der Waals surface area contributed by atoms with Gasteiger partial charge in [-0.15, -0.1) is 11.3 Å². The normalized spacial score (nSPS) is 22.3. The van der Waals surface area contributed by atoms with Gasteiger partial charge in [0.05, 0.1) is 10.7 Å². The second kappa shape index (κ2) is 7.85. The Kier molecular flexibility index (Phi) is 5.77. The Morgan fingerprint density at radius 3 is 2.48 bits per heavy atom. The monoisotopic (exact) mass is 363 g/mol. The van der Waals surface area contributed by atoms with Gasteiger partial charge in [0.1, 0.15) is 4.88 Å².